The molecule has 0 aliphatic heterocycles. The zero-order valence-corrected chi connectivity index (χ0v) is 19.7. The van der Waals surface area contributed by atoms with E-state index >= 15 is 0 Å². The van der Waals surface area contributed by atoms with E-state index in [9.17, 15) is 19.5 Å². The molecule has 182 valence electrons. The van der Waals surface area contributed by atoms with Crippen LogP contribution in [-0.4, -0.2) is 34.0 Å². The average Bonchev–Trinajstić information content (AvgIpc) is 2.88. The Hall–Kier alpha value is -4.46. The van der Waals surface area contributed by atoms with Crippen molar-refractivity contribution >= 4 is 50.2 Å². The lowest BCUT2D eigenvalue weighted by atomic mass is 9.87. The number of rotatable bonds is 8. The summed E-state index contributed by atoms with van der Waals surface area (Å²) >= 11 is 0. The minimum Gasteiger partial charge on any atom is -0.494 e. The minimum absolute atomic E-state index is 0.0810. The van der Waals surface area contributed by atoms with Crippen LogP contribution in [0.2, 0.25) is 0 Å². The molecular formula is C28H25N3O5. The van der Waals surface area contributed by atoms with Gasteiger partial charge in [0.1, 0.15) is 11.5 Å². The summed E-state index contributed by atoms with van der Waals surface area (Å²) in [5.74, 6) is -1.45. The van der Waals surface area contributed by atoms with Crippen LogP contribution >= 0.6 is 0 Å². The number of unbranched alkanes of at least 4 members (excludes halogenated alkanes) is 3. The summed E-state index contributed by atoms with van der Waals surface area (Å²) < 4.78 is 5.77. The number of Topliss-reactive ketones (excluding diaryl/α,β-unsaturated/α-hetero) is 2. The molecule has 5 rings (SSSR count). The maximum Gasteiger partial charge on any atom is 0.259 e. The maximum absolute atomic E-state index is 13.1. The van der Waals surface area contributed by atoms with Crippen molar-refractivity contribution in [2.45, 2.75) is 32.6 Å². The first kappa shape index (κ1) is 23.3. The van der Waals surface area contributed by atoms with Crippen LogP contribution in [0.5, 0.6) is 11.6 Å². The van der Waals surface area contributed by atoms with Crippen LogP contribution in [0, 0.1) is 5.41 Å². The maximum atomic E-state index is 13.1. The number of ether oxygens (including phenoxy) is 1. The average molecular weight is 484 g/mol. The molecule has 0 amide bonds. The van der Waals surface area contributed by atoms with Crippen LogP contribution in [0.15, 0.2) is 53.3 Å². The Morgan fingerprint density at radius 3 is 2.50 bits per heavy atom. The van der Waals surface area contributed by atoms with Gasteiger partial charge in [-0.2, -0.15) is 0 Å². The van der Waals surface area contributed by atoms with Crippen molar-refractivity contribution in [3.05, 3.63) is 69.7 Å². The van der Waals surface area contributed by atoms with E-state index in [1.807, 2.05) is 0 Å². The normalized spacial score (nSPS) is 13.5. The molecule has 4 aromatic rings. The van der Waals surface area contributed by atoms with E-state index in [-0.39, 0.29) is 27.7 Å². The summed E-state index contributed by atoms with van der Waals surface area (Å²) in [5.41, 5.74) is -0.459. The molecule has 1 aliphatic rings. The molecule has 0 unspecified atom stereocenters. The van der Waals surface area contributed by atoms with Crippen molar-refractivity contribution in [3.63, 3.8) is 0 Å². The molecule has 0 bridgehead atoms. The number of benzene rings is 3. The molecule has 36 heavy (non-hydrogen) atoms. The number of anilines is 1. The standard InChI is InChI=1S/C28H25N3O5/c1-2-3-4-5-13-36-17-11-9-16(10-12-17)30-24-21-19(23(29)25(32)26(24)33)14-15-7-6-8-18-20(15)22(21)28(35)31-27(18)34/h6-12,14,29-30H,2-5,13H2,1H3,(H2,31,34,35). The smallest absolute Gasteiger partial charge is 0.259 e. The highest BCUT2D eigenvalue weighted by molar-refractivity contribution is 6.76. The molecular weight excluding hydrogens is 458 g/mol. The highest BCUT2D eigenvalue weighted by atomic mass is 16.5. The van der Waals surface area contributed by atoms with Gasteiger partial charge in [0, 0.05) is 27.2 Å². The van der Waals surface area contributed by atoms with Crippen molar-refractivity contribution in [3.8, 4) is 11.6 Å². The molecule has 1 heterocycles. The number of aromatic hydroxyl groups is 1. The second-order valence-electron chi connectivity index (χ2n) is 8.85. The van der Waals surface area contributed by atoms with Gasteiger partial charge in [0.15, 0.2) is 5.88 Å². The van der Waals surface area contributed by atoms with E-state index in [1.54, 1.807) is 48.5 Å². The Labute approximate surface area is 206 Å². The molecule has 0 atom stereocenters. The third kappa shape index (κ3) is 3.90. The molecule has 0 fully saturated rings. The number of aromatic nitrogens is 1. The number of ketones is 2. The predicted molar refractivity (Wildman–Crippen MR) is 139 cm³/mol. The summed E-state index contributed by atoms with van der Waals surface area (Å²) in [5, 5.41) is 23.4. The van der Waals surface area contributed by atoms with Gasteiger partial charge in [-0.3, -0.25) is 24.8 Å². The Balaban J connectivity index is 1.62. The number of hydrogen-bond acceptors (Lipinski definition) is 7. The number of hydrogen-bond donors (Lipinski definition) is 4. The van der Waals surface area contributed by atoms with Crippen LogP contribution in [0.4, 0.5) is 5.69 Å². The molecule has 0 spiro atoms. The number of carbonyl (C=O) groups is 2. The lowest BCUT2D eigenvalue weighted by Crippen LogP contribution is -2.41. The topological polar surface area (TPSA) is 132 Å². The predicted octanol–water partition coefficient (Wildman–Crippen LogP) is 3.80. The summed E-state index contributed by atoms with van der Waals surface area (Å²) in [6.45, 7) is 2.77. The number of aromatic amines is 1. The van der Waals surface area contributed by atoms with Crippen molar-refractivity contribution in [2.24, 2.45) is 0 Å². The first-order valence-electron chi connectivity index (χ1n) is 11.9. The van der Waals surface area contributed by atoms with Crippen molar-refractivity contribution in [1.29, 1.82) is 5.41 Å². The SMILES string of the molecule is CCCCCCOc1ccc(NC2=c3c(cc4cccc5c(O)[nH]c(=O)c3c45)C(=N)C(=O)C2=O)cc1. The summed E-state index contributed by atoms with van der Waals surface area (Å²) in [6, 6.07) is 13.7. The second-order valence-corrected chi connectivity index (χ2v) is 8.85. The van der Waals surface area contributed by atoms with Crippen LogP contribution < -0.4 is 20.8 Å². The second kappa shape index (κ2) is 9.30. The monoisotopic (exact) mass is 483 g/mol. The number of nitrogens with one attached hydrogen (secondary N) is 3. The lowest BCUT2D eigenvalue weighted by molar-refractivity contribution is -0.129. The Morgan fingerprint density at radius 2 is 1.75 bits per heavy atom. The fraction of sp³-hybridized carbons (Fsp3) is 0.214. The third-order valence-corrected chi connectivity index (χ3v) is 6.45. The molecule has 3 aromatic carbocycles. The fourth-order valence-electron chi connectivity index (χ4n) is 4.66. The number of H-pyrrole nitrogens is 1. The quantitative estimate of drug-likeness (QED) is 0.223. The van der Waals surface area contributed by atoms with E-state index in [4.69, 9.17) is 10.1 Å². The van der Waals surface area contributed by atoms with Crippen LogP contribution in [0.25, 0.3) is 27.2 Å². The Bertz CT molecular complexity index is 1650. The van der Waals surface area contributed by atoms with E-state index in [0.29, 0.717) is 34.2 Å². The van der Waals surface area contributed by atoms with Gasteiger partial charge in [-0.1, -0.05) is 38.3 Å². The highest BCUT2D eigenvalue weighted by Gasteiger charge is 2.33. The Kier molecular flexibility index (Phi) is 6.01. The van der Waals surface area contributed by atoms with Crippen LogP contribution in [0.1, 0.15) is 38.2 Å². The minimum atomic E-state index is -0.953. The van der Waals surface area contributed by atoms with Crippen LogP contribution in [-0.2, 0) is 9.59 Å². The van der Waals surface area contributed by atoms with Crippen LogP contribution in [0.3, 0.4) is 0 Å². The molecule has 8 nitrogen and oxygen atoms in total. The molecule has 1 aromatic heterocycles. The number of carbonyl (C=O) groups excluding carboxylic acids is 2. The molecule has 4 N–H and O–H groups in total. The van der Waals surface area contributed by atoms with E-state index in [1.165, 1.54) is 6.42 Å². The van der Waals surface area contributed by atoms with Gasteiger partial charge < -0.3 is 15.2 Å². The van der Waals surface area contributed by atoms with E-state index in [0.717, 1.165) is 19.3 Å². The molecule has 0 saturated heterocycles. The van der Waals surface area contributed by atoms with Gasteiger partial charge >= 0.3 is 0 Å². The summed E-state index contributed by atoms with van der Waals surface area (Å²) in [6.07, 6.45) is 4.41. The van der Waals surface area contributed by atoms with Gasteiger partial charge in [-0.25, -0.2) is 0 Å². The van der Waals surface area contributed by atoms with Crippen molar-refractivity contribution in [2.75, 3.05) is 11.9 Å². The molecule has 0 radical (unpaired) electrons. The Morgan fingerprint density at radius 1 is 0.972 bits per heavy atom. The largest absolute Gasteiger partial charge is 0.494 e. The first-order valence-corrected chi connectivity index (χ1v) is 11.9. The van der Waals surface area contributed by atoms with Gasteiger partial charge in [0.25, 0.3) is 17.1 Å². The van der Waals surface area contributed by atoms with E-state index in [2.05, 4.69) is 17.2 Å². The highest BCUT2D eigenvalue weighted by Crippen LogP contribution is 2.30. The lowest BCUT2D eigenvalue weighted by Gasteiger charge is -2.19. The van der Waals surface area contributed by atoms with Gasteiger partial charge in [-0.05, 0) is 48.2 Å². The summed E-state index contributed by atoms with van der Waals surface area (Å²) in [7, 11) is 0. The van der Waals surface area contributed by atoms with Crippen molar-refractivity contribution < 1.29 is 19.4 Å². The molecule has 0 saturated carbocycles. The van der Waals surface area contributed by atoms with Gasteiger partial charge in [-0.15, -0.1) is 0 Å². The third-order valence-electron chi connectivity index (χ3n) is 6.45. The molecule has 8 heteroatoms. The molecule has 1 aliphatic carbocycles. The zero-order valence-electron chi connectivity index (χ0n) is 19.7. The number of pyridine rings is 1. The first-order chi connectivity index (χ1) is 17.4. The van der Waals surface area contributed by atoms with E-state index < -0.39 is 22.8 Å². The fourth-order valence-corrected chi connectivity index (χ4v) is 4.66. The summed E-state index contributed by atoms with van der Waals surface area (Å²) in [4.78, 5) is 41.2. The number of fused-ring (bicyclic) bond motifs is 2. The van der Waals surface area contributed by atoms with Gasteiger partial charge in [0.05, 0.1) is 17.7 Å². The van der Waals surface area contributed by atoms with Gasteiger partial charge in [0.2, 0.25) is 0 Å². The van der Waals surface area contributed by atoms with Crippen molar-refractivity contribution in [1.82, 2.24) is 4.98 Å². The zero-order chi connectivity index (χ0) is 25.4.